The number of nitrogens with one attached hydrogen (secondary N) is 2. The van der Waals surface area contributed by atoms with Crippen molar-refractivity contribution in [3.8, 4) is 0 Å². The maximum Gasteiger partial charge on any atom is 0.317 e. The van der Waals surface area contributed by atoms with Crippen LogP contribution >= 0.6 is 0 Å². The van der Waals surface area contributed by atoms with Gasteiger partial charge in [-0.3, -0.25) is 9.59 Å². The average molecular weight is 493 g/mol. The van der Waals surface area contributed by atoms with Crippen molar-refractivity contribution in [2.24, 2.45) is 5.92 Å². The van der Waals surface area contributed by atoms with Crippen LogP contribution in [0.1, 0.15) is 69.7 Å². The van der Waals surface area contributed by atoms with Gasteiger partial charge in [0, 0.05) is 37.3 Å². The monoisotopic (exact) mass is 492 g/mol. The Morgan fingerprint density at radius 3 is 2.42 bits per heavy atom. The van der Waals surface area contributed by atoms with Gasteiger partial charge in [0.05, 0.1) is 0 Å². The largest absolute Gasteiger partial charge is 0.340 e. The molecule has 2 aliphatic rings. The normalized spacial score (nSPS) is 20.6. The molecule has 0 bridgehead atoms. The molecule has 36 heavy (non-hydrogen) atoms. The second kappa shape index (κ2) is 11.8. The Morgan fingerprint density at radius 1 is 1.00 bits per heavy atom. The number of hydrogen-bond acceptors (Lipinski definition) is 3. The van der Waals surface area contributed by atoms with E-state index in [0.29, 0.717) is 25.2 Å². The first-order valence-electron chi connectivity index (χ1n) is 13.5. The van der Waals surface area contributed by atoms with E-state index in [9.17, 15) is 14.4 Å². The van der Waals surface area contributed by atoms with Crippen LogP contribution in [0, 0.1) is 5.92 Å². The van der Waals surface area contributed by atoms with Crippen molar-refractivity contribution < 1.29 is 14.4 Å². The highest BCUT2D eigenvalue weighted by molar-refractivity contribution is 6.00. The van der Waals surface area contributed by atoms with Gasteiger partial charge in [0.1, 0.15) is 6.04 Å². The van der Waals surface area contributed by atoms with Gasteiger partial charge in [0.15, 0.2) is 0 Å². The van der Waals surface area contributed by atoms with Gasteiger partial charge in [-0.1, -0.05) is 69.9 Å². The summed E-state index contributed by atoms with van der Waals surface area (Å²) in [6.07, 6.45) is 6.46. The third-order valence-corrected chi connectivity index (χ3v) is 7.91. The molecule has 2 aromatic carbocycles. The molecule has 7 heteroatoms. The van der Waals surface area contributed by atoms with Gasteiger partial charge in [0.25, 0.3) is 5.91 Å². The minimum absolute atomic E-state index is 0.00941. The van der Waals surface area contributed by atoms with Crippen LogP contribution in [0.4, 0.5) is 4.79 Å². The highest BCUT2D eigenvalue weighted by atomic mass is 16.2. The van der Waals surface area contributed by atoms with Crippen molar-refractivity contribution in [1.29, 1.82) is 0 Å². The highest BCUT2D eigenvalue weighted by Gasteiger charge is 2.35. The van der Waals surface area contributed by atoms with E-state index < -0.39 is 6.04 Å². The van der Waals surface area contributed by atoms with Gasteiger partial charge >= 0.3 is 6.03 Å². The van der Waals surface area contributed by atoms with Crippen molar-refractivity contribution in [3.05, 3.63) is 48.0 Å². The minimum atomic E-state index is -0.608. The number of hydrogen-bond donors (Lipinski definition) is 2. The molecule has 1 saturated carbocycles. The second-order valence-electron chi connectivity index (χ2n) is 10.5. The highest BCUT2D eigenvalue weighted by Crippen LogP contribution is 2.20. The van der Waals surface area contributed by atoms with Crippen LogP contribution in [0.2, 0.25) is 0 Å². The van der Waals surface area contributed by atoms with Crippen molar-refractivity contribution >= 4 is 28.6 Å². The number of urea groups is 1. The zero-order valence-corrected chi connectivity index (χ0v) is 21.8. The number of carbonyl (C=O) groups is 3. The summed E-state index contributed by atoms with van der Waals surface area (Å²) < 4.78 is 0. The summed E-state index contributed by atoms with van der Waals surface area (Å²) in [7, 11) is 0. The topological polar surface area (TPSA) is 81.8 Å². The quantitative estimate of drug-likeness (QED) is 0.620. The molecule has 194 valence electrons. The van der Waals surface area contributed by atoms with E-state index in [2.05, 4.69) is 10.6 Å². The molecule has 1 heterocycles. The molecular weight excluding hydrogens is 452 g/mol. The fourth-order valence-electron chi connectivity index (χ4n) is 5.40. The molecule has 2 fully saturated rings. The average Bonchev–Trinajstić information content (AvgIpc) is 2.90. The molecule has 2 N–H and O–H groups in total. The lowest BCUT2D eigenvalue weighted by Crippen LogP contribution is -2.61. The SMILES string of the molecule is CCC(C)C(NC(=O)c1ccc2ccccc2c1)C(=O)N1CCN(C(=O)NC2CCCCC2)C(C)C1. The summed E-state index contributed by atoms with van der Waals surface area (Å²) in [6.45, 7) is 7.46. The van der Waals surface area contributed by atoms with Gasteiger partial charge in [-0.15, -0.1) is 0 Å². The van der Waals surface area contributed by atoms with Crippen LogP contribution in [0.3, 0.4) is 0 Å². The molecule has 0 spiro atoms. The van der Waals surface area contributed by atoms with E-state index >= 15 is 0 Å². The van der Waals surface area contributed by atoms with Crippen molar-refractivity contribution in [2.45, 2.75) is 77.4 Å². The Kier molecular flexibility index (Phi) is 8.49. The molecule has 7 nitrogen and oxygen atoms in total. The molecule has 0 aromatic heterocycles. The Balaban J connectivity index is 1.39. The number of nitrogens with zero attached hydrogens (tertiary/aromatic N) is 2. The van der Waals surface area contributed by atoms with E-state index in [4.69, 9.17) is 0 Å². The van der Waals surface area contributed by atoms with E-state index in [1.54, 1.807) is 0 Å². The van der Waals surface area contributed by atoms with E-state index in [1.165, 1.54) is 19.3 Å². The number of benzene rings is 2. The summed E-state index contributed by atoms with van der Waals surface area (Å²) >= 11 is 0. The fraction of sp³-hybridized carbons (Fsp3) is 0.552. The van der Waals surface area contributed by atoms with Crippen LogP contribution in [0.5, 0.6) is 0 Å². The molecule has 3 unspecified atom stereocenters. The smallest absolute Gasteiger partial charge is 0.317 e. The maximum absolute atomic E-state index is 13.6. The third-order valence-electron chi connectivity index (χ3n) is 7.91. The summed E-state index contributed by atoms with van der Waals surface area (Å²) in [4.78, 5) is 43.3. The molecule has 1 aliphatic carbocycles. The summed E-state index contributed by atoms with van der Waals surface area (Å²) in [5, 5.41) is 8.29. The lowest BCUT2D eigenvalue weighted by molar-refractivity contribution is -0.136. The number of rotatable bonds is 6. The van der Waals surface area contributed by atoms with Gasteiger partial charge < -0.3 is 20.4 Å². The molecule has 3 atom stereocenters. The van der Waals surface area contributed by atoms with Crippen LogP contribution < -0.4 is 10.6 Å². The Hall–Kier alpha value is -3.09. The second-order valence-corrected chi connectivity index (χ2v) is 10.5. The number of amides is 4. The Bertz CT molecular complexity index is 1080. The zero-order valence-electron chi connectivity index (χ0n) is 21.8. The van der Waals surface area contributed by atoms with Crippen LogP contribution in [-0.2, 0) is 4.79 Å². The van der Waals surface area contributed by atoms with Crippen molar-refractivity contribution in [2.75, 3.05) is 19.6 Å². The zero-order chi connectivity index (χ0) is 25.7. The van der Waals surface area contributed by atoms with Gasteiger partial charge in [-0.05, 0) is 48.6 Å². The predicted octanol–water partition coefficient (Wildman–Crippen LogP) is 4.56. The van der Waals surface area contributed by atoms with E-state index in [0.717, 1.165) is 30.0 Å². The lowest BCUT2D eigenvalue weighted by Gasteiger charge is -2.42. The first kappa shape index (κ1) is 26.0. The molecule has 2 aromatic rings. The summed E-state index contributed by atoms with van der Waals surface area (Å²) in [6, 6.07) is 13.1. The summed E-state index contributed by atoms with van der Waals surface area (Å²) in [5.41, 5.74) is 0.548. The molecule has 0 radical (unpaired) electrons. The van der Waals surface area contributed by atoms with E-state index in [1.807, 2.05) is 73.0 Å². The summed E-state index contributed by atoms with van der Waals surface area (Å²) in [5.74, 6) is -0.319. The number of fused-ring (bicyclic) bond motifs is 1. The van der Waals surface area contributed by atoms with Crippen LogP contribution in [-0.4, -0.2) is 65.4 Å². The molecular formula is C29H40N4O3. The Labute approximate surface area is 214 Å². The molecule has 4 rings (SSSR count). The van der Waals surface area contributed by atoms with Crippen molar-refractivity contribution in [3.63, 3.8) is 0 Å². The molecule has 1 saturated heterocycles. The van der Waals surface area contributed by atoms with Gasteiger partial charge in [-0.25, -0.2) is 4.79 Å². The van der Waals surface area contributed by atoms with Crippen LogP contribution in [0.25, 0.3) is 10.8 Å². The lowest BCUT2D eigenvalue weighted by atomic mass is 9.95. The predicted molar refractivity (Wildman–Crippen MR) is 143 cm³/mol. The standard InChI is InChI=1S/C29H40N4O3/c1-4-20(2)26(31-27(34)24-15-14-22-10-8-9-11-23(22)18-24)28(35)32-16-17-33(21(3)19-32)29(36)30-25-12-6-5-7-13-25/h8-11,14-15,18,20-21,25-26H,4-7,12-13,16-17,19H2,1-3H3,(H,30,36)(H,31,34). The maximum atomic E-state index is 13.6. The molecule has 4 amide bonds. The molecule has 1 aliphatic heterocycles. The minimum Gasteiger partial charge on any atom is -0.340 e. The van der Waals surface area contributed by atoms with Crippen LogP contribution in [0.15, 0.2) is 42.5 Å². The van der Waals surface area contributed by atoms with E-state index in [-0.39, 0.29) is 35.8 Å². The number of carbonyl (C=O) groups excluding carboxylic acids is 3. The fourth-order valence-corrected chi connectivity index (χ4v) is 5.40. The number of piperazine rings is 1. The first-order valence-corrected chi connectivity index (χ1v) is 13.5. The van der Waals surface area contributed by atoms with Gasteiger partial charge in [-0.2, -0.15) is 0 Å². The third kappa shape index (κ3) is 6.00. The van der Waals surface area contributed by atoms with Crippen molar-refractivity contribution in [1.82, 2.24) is 20.4 Å². The van der Waals surface area contributed by atoms with Gasteiger partial charge in [0.2, 0.25) is 5.91 Å². The first-order chi connectivity index (χ1) is 17.4. The Morgan fingerprint density at radius 2 is 1.72 bits per heavy atom.